The fourth-order valence-corrected chi connectivity index (χ4v) is 4.55. The molecule has 2 aromatic heterocycles. The number of methoxy groups -OCH3 is 1. The third-order valence-electron chi connectivity index (χ3n) is 6.41. The van der Waals surface area contributed by atoms with Gasteiger partial charge in [0.05, 0.1) is 36.8 Å². The number of carboxylic acid groups (broad SMARTS) is 1. The Kier molecular flexibility index (Phi) is 7.68. The van der Waals surface area contributed by atoms with E-state index in [1.807, 2.05) is 24.3 Å². The zero-order valence-corrected chi connectivity index (χ0v) is 19.1. The number of ether oxygens (including phenoxy) is 1. The Labute approximate surface area is 198 Å². The monoisotopic (exact) mass is 460 g/mol. The number of likely N-dealkylation sites (tertiary alicyclic amines) is 1. The van der Waals surface area contributed by atoms with Crippen LogP contribution in [0.15, 0.2) is 49.2 Å². The molecule has 8 heteroatoms. The second kappa shape index (κ2) is 11.1. The van der Waals surface area contributed by atoms with Crippen molar-refractivity contribution in [3.05, 3.63) is 60.3 Å². The summed E-state index contributed by atoms with van der Waals surface area (Å²) in [6, 6.07) is 7.41. The quantitative estimate of drug-likeness (QED) is 0.518. The SMILES string of the molecule is COc1ccc2nccc([C@@H](O)CC[C@@H]3CCN(CC#Cc4cncnc4)C[C@@H]3C(=O)O)c2c1. The van der Waals surface area contributed by atoms with Crippen molar-refractivity contribution in [2.45, 2.75) is 25.4 Å². The van der Waals surface area contributed by atoms with Crippen LogP contribution in [0.25, 0.3) is 10.9 Å². The van der Waals surface area contributed by atoms with Crippen molar-refractivity contribution in [1.82, 2.24) is 19.9 Å². The van der Waals surface area contributed by atoms with Crippen LogP contribution in [0.1, 0.15) is 36.5 Å². The number of pyridine rings is 1. The summed E-state index contributed by atoms with van der Waals surface area (Å²) in [6.45, 7) is 1.73. The molecule has 0 amide bonds. The van der Waals surface area contributed by atoms with Crippen molar-refractivity contribution in [2.24, 2.45) is 11.8 Å². The molecule has 4 rings (SSSR count). The number of hydrogen-bond acceptors (Lipinski definition) is 7. The van der Waals surface area contributed by atoms with E-state index >= 15 is 0 Å². The first-order chi connectivity index (χ1) is 16.5. The summed E-state index contributed by atoms with van der Waals surface area (Å²) in [7, 11) is 1.60. The maximum atomic E-state index is 12.0. The van der Waals surface area contributed by atoms with Crippen molar-refractivity contribution in [1.29, 1.82) is 0 Å². The van der Waals surface area contributed by atoms with Crippen LogP contribution < -0.4 is 4.74 Å². The fourth-order valence-electron chi connectivity index (χ4n) is 4.55. The van der Waals surface area contributed by atoms with Crippen LogP contribution >= 0.6 is 0 Å². The number of benzene rings is 1. The van der Waals surface area contributed by atoms with E-state index in [1.165, 1.54) is 6.33 Å². The highest BCUT2D eigenvalue weighted by atomic mass is 16.5. The van der Waals surface area contributed by atoms with Gasteiger partial charge in [0, 0.05) is 30.5 Å². The third kappa shape index (κ3) is 5.68. The van der Waals surface area contributed by atoms with Crippen molar-refractivity contribution in [3.8, 4) is 17.6 Å². The Morgan fingerprint density at radius 3 is 2.88 bits per heavy atom. The van der Waals surface area contributed by atoms with Crippen molar-refractivity contribution in [3.63, 3.8) is 0 Å². The molecule has 3 heterocycles. The predicted octanol–water partition coefficient (Wildman–Crippen LogP) is 2.92. The molecule has 3 aromatic rings. The van der Waals surface area contributed by atoms with Crippen LogP contribution in [0.5, 0.6) is 5.75 Å². The number of aliphatic carboxylic acids is 1. The lowest BCUT2D eigenvalue weighted by Crippen LogP contribution is -2.44. The van der Waals surface area contributed by atoms with E-state index in [4.69, 9.17) is 4.74 Å². The number of carboxylic acids is 1. The van der Waals surface area contributed by atoms with Crippen LogP contribution in [0, 0.1) is 23.7 Å². The molecule has 0 saturated carbocycles. The van der Waals surface area contributed by atoms with Gasteiger partial charge >= 0.3 is 5.97 Å². The highest BCUT2D eigenvalue weighted by Crippen LogP contribution is 2.33. The second-order valence-corrected chi connectivity index (χ2v) is 8.53. The maximum absolute atomic E-state index is 12.0. The summed E-state index contributed by atoms with van der Waals surface area (Å²) >= 11 is 0. The molecule has 8 nitrogen and oxygen atoms in total. The molecule has 34 heavy (non-hydrogen) atoms. The van der Waals surface area contributed by atoms with E-state index in [2.05, 4.69) is 31.7 Å². The summed E-state index contributed by atoms with van der Waals surface area (Å²) in [5, 5.41) is 21.7. The smallest absolute Gasteiger partial charge is 0.308 e. The Morgan fingerprint density at radius 2 is 2.12 bits per heavy atom. The molecule has 176 valence electrons. The number of aromatic nitrogens is 3. The largest absolute Gasteiger partial charge is 0.497 e. The second-order valence-electron chi connectivity index (χ2n) is 8.53. The Hall–Kier alpha value is -3.54. The topological polar surface area (TPSA) is 109 Å². The highest BCUT2D eigenvalue weighted by molar-refractivity contribution is 5.83. The Morgan fingerprint density at radius 1 is 1.29 bits per heavy atom. The number of rotatable bonds is 7. The molecule has 1 aliphatic heterocycles. The van der Waals surface area contributed by atoms with E-state index < -0.39 is 18.0 Å². The Bertz CT molecular complexity index is 1190. The van der Waals surface area contributed by atoms with Gasteiger partial charge in [-0.15, -0.1) is 0 Å². The number of hydrogen-bond donors (Lipinski definition) is 2. The molecular weight excluding hydrogens is 432 g/mol. The number of fused-ring (bicyclic) bond motifs is 1. The fraction of sp³-hybridized carbons (Fsp3) is 0.385. The average molecular weight is 461 g/mol. The minimum absolute atomic E-state index is 0.00141. The Balaban J connectivity index is 1.38. The van der Waals surface area contributed by atoms with Crippen LogP contribution in [0.2, 0.25) is 0 Å². The number of carbonyl (C=O) groups is 1. The summed E-state index contributed by atoms with van der Waals surface area (Å²) in [5.74, 6) is 5.53. The number of piperidine rings is 1. The molecule has 2 N–H and O–H groups in total. The summed E-state index contributed by atoms with van der Waals surface area (Å²) in [4.78, 5) is 26.3. The minimum atomic E-state index is -0.798. The predicted molar refractivity (Wildman–Crippen MR) is 127 cm³/mol. The zero-order valence-electron chi connectivity index (χ0n) is 19.1. The van der Waals surface area contributed by atoms with Crippen LogP contribution in [-0.2, 0) is 4.79 Å². The maximum Gasteiger partial charge on any atom is 0.308 e. The lowest BCUT2D eigenvalue weighted by atomic mass is 9.81. The standard InChI is InChI=1S/C26H28N4O4/c1-34-20-5-6-24-22(13-20)21(8-10-29-24)25(31)7-4-19-9-12-30(16-23(19)26(32)33)11-2-3-18-14-27-17-28-15-18/h5-6,8,10,13-15,17,19,23,25,31H,4,7,9,11-12,16H2,1H3,(H,32,33)/t19-,23+,25+/m1/s1. The van der Waals surface area contributed by atoms with E-state index in [-0.39, 0.29) is 5.92 Å². The van der Waals surface area contributed by atoms with E-state index in [1.54, 1.807) is 25.7 Å². The highest BCUT2D eigenvalue weighted by Gasteiger charge is 2.34. The third-order valence-corrected chi connectivity index (χ3v) is 6.41. The lowest BCUT2D eigenvalue weighted by molar-refractivity contribution is -0.146. The molecule has 1 saturated heterocycles. The van der Waals surface area contributed by atoms with Crippen molar-refractivity contribution in [2.75, 3.05) is 26.7 Å². The molecule has 0 radical (unpaired) electrons. The molecule has 1 fully saturated rings. The minimum Gasteiger partial charge on any atom is -0.497 e. The zero-order chi connectivity index (χ0) is 23.9. The van der Waals surface area contributed by atoms with Gasteiger partial charge in [-0.05, 0) is 61.6 Å². The first-order valence-electron chi connectivity index (χ1n) is 11.3. The van der Waals surface area contributed by atoms with E-state index in [9.17, 15) is 15.0 Å². The molecule has 1 aromatic carbocycles. The molecule has 3 atom stereocenters. The first-order valence-corrected chi connectivity index (χ1v) is 11.3. The van der Waals surface area contributed by atoms with Gasteiger partial charge in [0.15, 0.2) is 0 Å². The summed E-state index contributed by atoms with van der Waals surface area (Å²) < 4.78 is 5.32. The van der Waals surface area contributed by atoms with Gasteiger partial charge < -0.3 is 14.9 Å². The number of aliphatic hydroxyl groups is 1. The van der Waals surface area contributed by atoms with Crippen LogP contribution in [-0.4, -0.2) is 62.8 Å². The number of aliphatic hydroxyl groups excluding tert-OH is 1. The summed E-state index contributed by atoms with van der Waals surface area (Å²) in [6.07, 6.45) is 7.62. The lowest BCUT2D eigenvalue weighted by Gasteiger charge is -2.36. The molecular formula is C26H28N4O4. The van der Waals surface area contributed by atoms with E-state index in [0.717, 1.165) is 35.0 Å². The van der Waals surface area contributed by atoms with Gasteiger partial charge in [0.2, 0.25) is 0 Å². The van der Waals surface area contributed by atoms with Crippen LogP contribution in [0.4, 0.5) is 0 Å². The van der Waals surface area contributed by atoms with Gasteiger partial charge in [-0.2, -0.15) is 0 Å². The van der Waals surface area contributed by atoms with Gasteiger partial charge in [0.1, 0.15) is 12.1 Å². The van der Waals surface area contributed by atoms with E-state index in [0.29, 0.717) is 31.7 Å². The molecule has 1 aliphatic rings. The molecule has 0 aliphatic carbocycles. The summed E-state index contributed by atoms with van der Waals surface area (Å²) in [5.41, 5.74) is 2.31. The van der Waals surface area contributed by atoms with Gasteiger partial charge in [-0.25, -0.2) is 9.97 Å². The van der Waals surface area contributed by atoms with Gasteiger partial charge in [-0.3, -0.25) is 14.7 Å². The molecule has 0 bridgehead atoms. The van der Waals surface area contributed by atoms with Crippen molar-refractivity contribution >= 4 is 16.9 Å². The van der Waals surface area contributed by atoms with Crippen LogP contribution in [0.3, 0.4) is 0 Å². The van der Waals surface area contributed by atoms with Gasteiger partial charge in [0.25, 0.3) is 0 Å². The average Bonchev–Trinajstić information content (AvgIpc) is 2.87. The molecule has 0 spiro atoms. The van der Waals surface area contributed by atoms with Gasteiger partial charge in [-0.1, -0.05) is 11.8 Å². The normalized spacial score (nSPS) is 19.2. The van der Waals surface area contributed by atoms with Crippen molar-refractivity contribution < 1.29 is 19.7 Å². The number of nitrogens with zero attached hydrogens (tertiary/aromatic N) is 4. The first kappa shape index (κ1) is 23.6. The molecule has 0 unspecified atom stereocenters.